The monoisotopic (exact) mass is 254 g/mol. The summed E-state index contributed by atoms with van der Waals surface area (Å²) in [6.07, 6.45) is 5.96. The molecule has 0 fully saturated rings. The summed E-state index contributed by atoms with van der Waals surface area (Å²) < 4.78 is 4.24. The van der Waals surface area contributed by atoms with E-state index in [9.17, 15) is 0 Å². The largest absolute Gasteiger partial charge is 0.346 e. The normalized spacial score (nSPS) is 11.2. The molecule has 0 saturated heterocycles. The van der Waals surface area contributed by atoms with Crippen LogP contribution in [0.3, 0.4) is 0 Å². The van der Waals surface area contributed by atoms with Gasteiger partial charge in [0.1, 0.15) is 0 Å². The van der Waals surface area contributed by atoms with Crippen molar-refractivity contribution < 1.29 is 0 Å². The molecule has 0 aliphatic rings. The van der Waals surface area contributed by atoms with Gasteiger partial charge < -0.3 is 9.88 Å². The number of nitrogens with zero attached hydrogens (tertiary/aromatic N) is 3. The third-order valence-corrected chi connectivity index (χ3v) is 3.35. The van der Waals surface area contributed by atoms with Gasteiger partial charge in [-0.1, -0.05) is 6.07 Å². The summed E-state index contributed by atoms with van der Waals surface area (Å²) in [7, 11) is 1.97. The highest BCUT2D eigenvalue weighted by molar-refractivity contribution is 5.80. The average Bonchev–Trinajstić information content (AvgIpc) is 3.05. The van der Waals surface area contributed by atoms with Crippen LogP contribution in [0, 0.1) is 0 Å². The number of aryl methyl sites for hydroxylation is 2. The zero-order chi connectivity index (χ0) is 13.1. The number of hydrogen-bond acceptors (Lipinski definition) is 2. The zero-order valence-electron chi connectivity index (χ0n) is 11.1. The second kappa shape index (κ2) is 5.28. The van der Waals surface area contributed by atoms with Crippen molar-refractivity contribution in [2.75, 3.05) is 7.05 Å². The molecule has 0 spiro atoms. The molecule has 3 aromatic rings. The highest BCUT2D eigenvalue weighted by Gasteiger charge is 2.02. The van der Waals surface area contributed by atoms with E-state index >= 15 is 0 Å². The molecule has 4 nitrogen and oxygen atoms in total. The van der Waals surface area contributed by atoms with Crippen molar-refractivity contribution in [3.05, 3.63) is 54.5 Å². The van der Waals surface area contributed by atoms with Crippen molar-refractivity contribution in [2.24, 2.45) is 0 Å². The summed E-state index contributed by atoms with van der Waals surface area (Å²) in [5.74, 6) is 0. The van der Waals surface area contributed by atoms with Crippen molar-refractivity contribution in [1.82, 2.24) is 19.7 Å². The van der Waals surface area contributed by atoms with Gasteiger partial charge >= 0.3 is 0 Å². The van der Waals surface area contributed by atoms with E-state index in [1.54, 1.807) is 0 Å². The molecule has 19 heavy (non-hydrogen) atoms. The first-order chi connectivity index (χ1) is 9.36. The molecule has 0 bridgehead atoms. The fraction of sp³-hybridized carbons (Fsp3) is 0.267. The van der Waals surface area contributed by atoms with E-state index in [1.807, 2.05) is 30.2 Å². The van der Waals surface area contributed by atoms with Crippen LogP contribution < -0.4 is 5.32 Å². The molecular weight excluding hydrogens is 236 g/mol. The Labute approximate surface area is 112 Å². The number of aromatic nitrogens is 3. The molecule has 0 unspecified atom stereocenters. The minimum Gasteiger partial charge on any atom is -0.346 e. The average molecular weight is 254 g/mol. The Morgan fingerprint density at radius 3 is 2.89 bits per heavy atom. The van der Waals surface area contributed by atoms with Gasteiger partial charge in [0.05, 0.1) is 6.54 Å². The first-order valence-electron chi connectivity index (χ1n) is 6.56. The zero-order valence-corrected chi connectivity index (χ0v) is 11.1. The quantitative estimate of drug-likeness (QED) is 0.758. The van der Waals surface area contributed by atoms with E-state index in [0.29, 0.717) is 0 Å². The maximum Gasteiger partial charge on any atom is 0.0588 e. The molecule has 0 aliphatic heterocycles. The molecule has 2 aromatic heterocycles. The SMILES string of the molecule is CNCc1ccc2c(ccn2CCn2cccn2)c1. The van der Waals surface area contributed by atoms with Crippen molar-refractivity contribution in [3.63, 3.8) is 0 Å². The van der Waals surface area contributed by atoms with Crippen LogP contribution in [0.15, 0.2) is 48.9 Å². The third kappa shape index (κ3) is 2.53. The van der Waals surface area contributed by atoms with E-state index in [4.69, 9.17) is 0 Å². The molecule has 3 rings (SSSR count). The fourth-order valence-corrected chi connectivity index (χ4v) is 2.40. The van der Waals surface area contributed by atoms with Crippen LogP contribution in [0.4, 0.5) is 0 Å². The molecule has 1 aromatic carbocycles. The molecule has 0 radical (unpaired) electrons. The van der Waals surface area contributed by atoms with Crippen molar-refractivity contribution in [2.45, 2.75) is 19.6 Å². The summed E-state index contributed by atoms with van der Waals surface area (Å²) in [5.41, 5.74) is 2.60. The van der Waals surface area contributed by atoms with Gasteiger partial charge in [-0.25, -0.2) is 0 Å². The first-order valence-corrected chi connectivity index (χ1v) is 6.56. The van der Waals surface area contributed by atoms with Crippen LogP contribution in [-0.4, -0.2) is 21.4 Å². The van der Waals surface area contributed by atoms with Crippen LogP contribution in [0.25, 0.3) is 10.9 Å². The van der Waals surface area contributed by atoms with Crippen molar-refractivity contribution in [3.8, 4) is 0 Å². The molecule has 98 valence electrons. The molecule has 4 heteroatoms. The van der Waals surface area contributed by atoms with E-state index in [1.165, 1.54) is 16.5 Å². The molecular formula is C15H18N4. The lowest BCUT2D eigenvalue weighted by Gasteiger charge is -2.06. The van der Waals surface area contributed by atoms with E-state index in [-0.39, 0.29) is 0 Å². The topological polar surface area (TPSA) is 34.8 Å². The summed E-state index contributed by atoms with van der Waals surface area (Å²) in [4.78, 5) is 0. The van der Waals surface area contributed by atoms with E-state index < -0.39 is 0 Å². The maximum atomic E-state index is 4.23. The summed E-state index contributed by atoms with van der Waals surface area (Å²) in [6.45, 7) is 2.75. The van der Waals surface area contributed by atoms with Crippen LogP contribution in [0.1, 0.15) is 5.56 Å². The number of hydrogen-bond donors (Lipinski definition) is 1. The molecule has 0 aliphatic carbocycles. The van der Waals surface area contributed by atoms with Gasteiger partial charge in [-0.05, 0) is 42.3 Å². The lowest BCUT2D eigenvalue weighted by Crippen LogP contribution is -2.07. The Bertz CT molecular complexity index is 652. The van der Waals surface area contributed by atoms with Gasteiger partial charge in [0, 0.05) is 37.2 Å². The Morgan fingerprint density at radius 1 is 1.16 bits per heavy atom. The number of fused-ring (bicyclic) bond motifs is 1. The number of nitrogens with one attached hydrogen (secondary N) is 1. The minimum atomic E-state index is 0.898. The molecule has 2 heterocycles. The lowest BCUT2D eigenvalue weighted by atomic mass is 10.1. The second-order valence-corrected chi connectivity index (χ2v) is 4.70. The summed E-state index contributed by atoms with van der Waals surface area (Å²) in [6, 6.07) is 10.8. The maximum absolute atomic E-state index is 4.23. The molecule has 0 atom stereocenters. The fourth-order valence-electron chi connectivity index (χ4n) is 2.40. The van der Waals surface area contributed by atoms with Crippen LogP contribution in [-0.2, 0) is 19.6 Å². The third-order valence-electron chi connectivity index (χ3n) is 3.35. The minimum absolute atomic E-state index is 0.898. The van der Waals surface area contributed by atoms with Gasteiger partial charge in [-0.2, -0.15) is 5.10 Å². The second-order valence-electron chi connectivity index (χ2n) is 4.70. The highest BCUT2D eigenvalue weighted by atomic mass is 15.3. The van der Waals surface area contributed by atoms with Gasteiger partial charge in [0.15, 0.2) is 0 Å². The Hall–Kier alpha value is -2.07. The van der Waals surface area contributed by atoms with Gasteiger partial charge in [-0.3, -0.25) is 4.68 Å². The van der Waals surface area contributed by atoms with E-state index in [0.717, 1.165) is 19.6 Å². The van der Waals surface area contributed by atoms with Gasteiger partial charge in [0.25, 0.3) is 0 Å². The summed E-state index contributed by atoms with van der Waals surface area (Å²) in [5, 5.41) is 8.71. The molecule has 0 amide bonds. The Balaban J connectivity index is 1.80. The predicted molar refractivity (Wildman–Crippen MR) is 76.9 cm³/mol. The number of rotatable bonds is 5. The summed E-state index contributed by atoms with van der Waals surface area (Å²) >= 11 is 0. The van der Waals surface area contributed by atoms with Crippen molar-refractivity contribution >= 4 is 10.9 Å². The number of benzene rings is 1. The van der Waals surface area contributed by atoms with Crippen LogP contribution >= 0.6 is 0 Å². The molecule has 1 N–H and O–H groups in total. The highest BCUT2D eigenvalue weighted by Crippen LogP contribution is 2.17. The van der Waals surface area contributed by atoms with Crippen LogP contribution in [0.5, 0.6) is 0 Å². The Kier molecular flexibility index (Phi) is 3.33. The molecule has 0 saturated carbocycles. The van der Waals surface area contributed by atoms with Gasteiger partial charge in [-0.15, -0.1) is 0 Å². The van der Waals surface area contributed by atoms with Crippen molar-refractivity contribution in [1.29, 1.82) is 0 Å². The standard InChI is InChI=1S/C15H18N4/c1-16-12-13-3-4-15-14(11-13)5-8-18(15)9-10-19-7-2-6-17-19/h2-8,11,16H,9-10,12H2,1H3. The Morgan fingerprint density at radius 2 is 2.11 bits per heavy atom. The predicted octanol–water partition coefficient (Wildman–Crippen LogP) is 2.26. The smallest absolute Gasteiger partial charge is 0.0588 e. The van der Waals surface area contributed by atoms with Gasteiger partial charge in [0.2, 0.25) is 0 Å². The van der Waals surface area contributed by atoms with Crippen LogP contribution in [0.2, 0.25) is 0 Å². The first kappa shape index (κ1) is 12.0. The lowest BCUT2D eigenvalue weighted by molar-refractivity contribution is 0.543. The van der Waals surface area contributed by atoms with E-state index in [2.05, 4.69) is 45.4 Å².